The van der Waals surface area contributed by atoms with Crippen LogP contribution in [0.15, 0.2) is 12.1 Å². The highest BCUT2D eigenvalue weighted by Gasteiger charge is 2.20. The van der Waals surface area contributed by atoms with Gasteiger partial charge < -0.3 is 10.0 Å². The molecule has 22 heavy (non-hydrogen) atoms. The Balaban J connectivity index is 2.04. The monoisotopic (exact) mass is 307 g/mol. The Bertz CT molecular complexity index is 526. The van der Waals surface area contributed by atoms with E-state index in [1.54, 1.807) is 11.9 Å². The lowest BCUT2D eigenvalue weighted by Crippen LogP contribution is -2.39. The van der Waals surface area contributed by atoms with E-state index in [-0.39, 0.29) is 24.4 Å². The van der Waals surface area contributed by atoms with E-state index >= 15 is 0 Å². The van der Waals surface area contributed by atoms with Gasteiger partial charge in [-0.05, 0) is 61.3 Å². The zero-order valence-corrected chi connectivity index (χ0v) is 13.6. The van der Waals surface area contributed by atoms with Crippen molar-refractivity contribution in [2.45, 2.75) is 57.9 Å². The fourth-order valence-electron chi connectivity index (χ4n) is 3.28. The Labute approximate surface area is 132 Å². The van der Waals surface area contributed by atoms with Crippen molar-refractivity contribution in [2.24, 2.45) is 0 Å². The van der Waals surface area contributed by atoms with Crippen LogP contribution in [0.3, 0.4) is 0 Å². The lowest BCUT2D eigenvalue weighted by molar-refractivity contribution is -0.132. The van der Waals surface area contributed by atoms with Crippen molar-refractivity contribution in [2.75, 3.05) is 13.7 Å². The van der Waals surface area contributed by atoms with Crippen LogP contribution >= 0.6 is 0 Å². The van der Waals surface area contributed by atoms with Crippen LogP contribution in [0.1, 0.15) is 49.3 Å². The molecule has 1 aliphatic rings. The van der Waals surface area contributed by atoms with Crippen LogP contribution < -0.4 is 0 Å². The molecule has 122 valence electrons. The van der Waals surface area contributed by atoms with Crippen LogP contribution in [0.2, 0.25) is 0 Å². The number of fused-ring (bicyclic) bond motifs is 1. The summed E-state index contributed by atoms with van der Waals surface area (Å²) in [6.07, 6.45) is 5.67. The third kappa shape index (κ3) is 3.67. The van der Waals surface area contributed by atoms with E-state index < -0.39 is 0 Å². The Kier molecular flexibility index (Phi) is 5.95. The second kappa shape index (κ2) is 7.73. The van der Waals surface area contributed by atoms with Crippen LogP contribution in [0.5, 0.6) is 0 Å². The first-order chi connectivity index (χ1) is 10.6. The van der Waals surface area contributed by atoms with Gasteiger partial charge in [-0.3, -0.25) is 4.79 Å². The van der Waals surface area contributed by atoms with Gasteiger partial charge in [0.25, 0.3) is 0 Å². The fraction of sp³-hybridized carbons (Fsp3) is 0.611. The summed E-state index contributed by atoms with van der Waals surface area (Å²) in [5.74, 6) is -0.0667. The number of carbonyl (C=O) groups excluding carboxylic acids is 1. The summed E-state index contributed by atoms with van der Waals surface area (Å²) in [4.78, 5) is 13.9. The number of amides is 1. The average molecular weight is 307 g/mol. The van der Waals surface area contributed by atoms with E-state index in [2.05, 4.69) is 0 Å². The van der Waals surface area contributed by atoms with Crippen molar-refractivity contribution in [3.63, 3.8) is 0 Å². The van der Waals surface area contributed by atoms with Crippen molar-refractivity contribution >= 4 is 5.91 Å². The Morgan fingerprint density at radius 2 is 2.00 bits per heavy atom. The third-order valence-electron chi connectivity index (χ3n) is 4.81. The number of hydrogen-bond donors (Lipinski definition) is 1. The molecule has 0 saturated carbocycles. The van der Waals surface area contributed by atoms with E-state index in [1.807, 2.05) is 13.0 Å². The molecule has 1 unspecified atom stereocenters. The van der Waals surface area contributed by atoms with Gasteiger partial charge in [-0.1, -0.05) is 13.0 Å². The van der Waals surface area contributed by atoms with Gasteiger partial charge in [0.2, 0.25) is 5.91 Å². The molecule has 4 heteroatoms. The van der Waals surface area contributed by atoms with Crippen LogP contribution in [-0.4, -0.2) is 35.6 Å². The molecule has 1 N–H and O–H groups in total. The predicted octanol–water partition coefficient (Wildman–Crippen LogP) is 2.87. The molecule has 0 bridgehead atoms. The van der Waals surface area contributed by atoms with E-state index in [9.17, 15) is 14.3 Å². The molecule has 0 spiro atoms. The number of aliphatic hydroxyl groups is 1. The molecule has 0 aliphatic heterocycles. The van der Waals surface area contributed by atoms with E-state index in [0.29, 0.717) is 12.8 Å². The molecule has 1 aromatic rings. The van der Waals surface area contributed by atoms with Crippen LogP contribution in [-0.2, 0) is 24.1 Å². The second-order valence-corrected chi connectivity index (χ2v) is 6.12. The summed E-state index contributed by atoms with van der Waals surface area (Å²) in [6.45, 7) is 1.95. The highest BCUT2D eigenvalue weighted by atomic mass is 19.1. The van der Waals surface area contributed by atoms with E-state index in [1.165, 1.54) is 6.07 Å². The average Bonchev–Trinajstić information content (AvgIpc) is 2.55. The van der Waals surface area contributed by atoms with Gasteiger partial charge in [-0.25, -0.2) is 4.39 Å². The summed E-state index contributed by atoms with van der Waals surface area (Å²) in [6, 6.07) is 3.25. The maximum absolute atomic E-state index is 13.9. The number of aliphatic hydroxyl groups excluding tert-OH is 1. The molecule has 1 aromatic carbocycles. The third-order valence-corrected chi connectivity index (χ3v) is 4.81. The van der Waals surface area contributed by atoms with Gasteiger partial charge in [0, 0.05) is 13.5 Å². The van der Waals surface area contributed by atoms with Crippen LogP contribution in [0.4, 0.5) is 4.39 Å². The van der Waals surface area contributed by atoms with E-state index in [4.69, 9.17) is 0 Å². The van der Waals surface area contributed by atoms with Crippen molar-refractivity contribution < 1.29 is 14.3 Å². The summed E-state index contributed by atoms with van der Waals surface area (Å²) in [5.41, 5.74) is 3.08. The summed E-state index contributed by atoms with van der Waals surface area (Å²) in [5, 5.41) is 9.28. The van der Waals surface area contributed by atoms with Gasteiger partial charge in [0.05, 0.1) is 12.6 Å². The van der Waals surface area contributed by atoms with Crippen LogP contribution in [0, 0.1) is 5.82 Å². The van der Waals surface area contributed by atoms with Crippen molar-refractivity contribution in [3.8, 4) is 0 Å². The van der Waals surface area contributed by atoms with E-state index in [0.717, 1.165) is 48.8 Å². The van der Waals surface area contributed by atoms with Crippen molar-refractivity contribution in [1.82, 2.24) is 4.90 Å². The SMILES string of the molecule is CCC(CO)N(C)C(=O)CCc1ccc(F)c2c1CCCC2. The van der Waals surface area contributed by atoms with Gasteiger partial charge >= 0.3 is 0 Å². The minimum absolute atomic E-state index is 0.00924. The Morgan fingerprint density at radius 3 is 2.64 bits per heavy atom. The Morgan fingerprint density at radius 1 is 1.32 bits per heavy atom. The topological polar surface area (TPSA) is 40.5 Å². The molecule has 0 fully saturated rings. The van der Waals surface area contributed by atoms with Crippen LogP contribution in [0.25, 0.3) is 0 Å². The maximum atomic E-state index is 13.9. The number of likely N-dealkylation sites (N-methyl/N-ethyl adjacent to an activating group) is 1. The molecule has 0 saturated heterocycles. The molecule has 0 aromatic heterocycles. The van der Waals surface area contributed by atoms with Gasteiger partial charge in [0.1, 0.15) is 5.82 Å². The predicted molar refractivity (Wildman–Crippen MR) is 85.3 cm³/mol. The first-order valence-corrected chi connectivity index (χ1v) is 8.24. The molecule has 0 heterocycles. The first kappa shape index (κ1) is 16.9. The zero-order valence-electron chi connectivity index (χ0n) is 13.6. The van der Waals surface area contributed by atoms with Gasteiger partial charge in [0.15, 0.2) is 0 Å². The number of hydrogen-bond acceptors (Lipinski definition) is 2. The molecule has 3 nitrogen and oxygen atoms in total. The fourth-order valence-corrected chi connectivity index (χ4v) is 3.28. The molecule has 1 aliphatic carbocycles. The summed E-state index contributed by atoms with van der Waals surface area (Å²) in [7, 11) is 1.74. The minimum atomic E-state index is -0.116. The first-order valence-electron chi connectivity index (χ1n) is 8.24. The number of aryl methyl sites for hydroxylation is 1. The van der Waals surface area contributed by atoms with Gasteiger partial charge in [-0.2, -0.15) is 0 Å². The quantitative estimate of drug-likeness (QED) is 0.878. The minimum Gasteiger partial charge on any atom is -0.394 e. The lowest BCUT2D eigenvalue weighted by Gasteiger charge is -2.26. The normalized spacial score (nSPS) is 15.3. The number of benzene rings is 1. The summed E-state index contributed by atoms with van der Waals surface area (Å²) < 4.78 is 13.9. The molecular weight excluding hydrogens is 281 g/mol. The summed E-state index contributed by atoms with van der Waals surface area (Å²) >= 11 is 0. The number of halogens is 1. The number of carbonyl (C=O) groups is 1. The smallest absolute Gasteiger partial charge is 0.222 e. The Hall–Kier alpha value is -1.42. The molecule has 1 amide bonds. The largest absolute Gasteiger partial charge is 0.394 e. The highest BCUT2D eigenvalue weighted by molar-refractivity contribution is 5.76. The lowest BCUT2D eigenvalue weighted by atomic mass is 9.86. The molecule has 2 rings (SSSR count). The standard InChI is InChI=1S/C18H26FNO2/c1-3-14(12-21)20(2)18(22)11-9-13-8-10-17(19)16-7-5-4-6-15(13)16/h8,10,14,21H,3-7,9,11-12H2,1-2H3. The molecular formula is C18H26FNO2. The second-order valence-electron chi connectivity index (χ2n) is 6.12. The number of nitrogens with zero attached hydrogens (tertiary/aromatic N) is 1. The molecule has 1 atom stereocenters. The molecule has 0 radical (unpaired) electrons. The van der Waals surface area contributed by atoms with Crippen molar-refractivity contribution in [1.29, 1.82) is 0 Å². The maximum Gasteiger partial charge on any atom is 0.222 e. The number of rotatable bonds is 6. The van der Waals surface area contributed by atoms with Crippen molar-refractivity contribution in [3.05, 3.63) is 34.6 Å². The zero-order chi connectivity index (χ0) is 16.1. The van der Waals surface area contributed by atoms with Gasteiger partial charge in [-0.15, -0.1) is 0 Å². The highest BCUT2D eigenvalue weighted by Crippen LogP contribution is 2.27.